The predicted molar refractivity (Wildman–Crippen MR) is 99.1 cm³/mol. The maximum atomic E-state index is 11.4. The molecule has 7 nitrogen and oxygen atoms in total. The first kappa shape index (κ1) is 17.2. The van der Waals surface area contributed by atoms with Crippen LogP contribution in [0.3, 0.4) is 0 Å². The van der Waals surface area contributed by atoms with E-state index in [0.29, 0.717) is 32.8 Å². The molecule has 2 heterocycles. The lowest BCUT2D eigenvalue weighted by Gasteiger charge is -2.04. The van der Waals surface area contributed by atoms with Crippen LogP contribution in [0.15, 0.2) is 40.2 Å². The highest BCUT2D eigenvalue weighted by atomic mass is 35.5. The van der Waals surface area contributed by atoms with Crippen molar-refractivity contribution in [2.45, 2.75) is 13.8 Å². The molecule has 0 atom stereocenters. The first-order valence-corrected chi connectivity index (χ1v) is 8.08. The van der Waals surface area contributed by atoms with Gasteiger partial charge in [0, 0.05) is 11.8 Å². The largest absolute Gasteiger partial charge is 0.291 e. The molecule has 2 aromatic heterocycles. The van der Waals surface area contributed by atoms with Crippen LogP contribution >= 0.6 is 23.2 Å². The second kappa shape index (κ2) is 7.08. The van der Waals surface area contributed by atoms with Gasteiger partial charge >= 0.3 is 0 Å². The second-order valence-corrected chi connectivity index (χ2v) is 6.02. The predicted octanol–water partition coefficient (Wildman–Crippen LogP) is 3.33. The van der Waals surface area contributed by atoms with Crippen molar-refractivity contribution in [1.29, 1.82) is 0 Å². The molecule has 0 aliphatic rings. The van der Waals surface area contributed by atoms with E-state index in [-0.39, 0.29) is 11.5 Å². The van der Waals surface area contributed by atoms with Crippen molar-refractivity contribution in [2.24, 2.45) is 5.10 Å². The minimum atomic E-state index is -0.258. The normalized spacial score (nSPS) is 11.2. The van der Waals surface area contributed by atoms with Gasteiger partial charge in [-0.05, 0) is 26.0 Å². The quantitative estimate of drug-likeness (QED) is 0.539. The Hall–Kier alpha value is -2.64. The Kier molecular flexibility index (Phi) is 4.87. The molecule has 0 saturated carbocycles. The van der Waals surface area contributed by atoms with E-state index >= 15 is 0 Å². The summed E-state index contributed by atoms with van der Waals surface area (Å²) in [5.41, 5.74) is 4.98. The highest BCUT2D eigenvalue weighted by Crippen LogP contribution is 2.26. The molecule has 0 unspecified atom stereocenters. The van der Waals surface area contributed by atoms with Crippen LogP contribution in [0.5, 0.6) is 0 Å². The van der Waals surface area contributed by atoms with Gasteiger partial charge in [0.15, 0.2) is 0 Å². The third-order valence-electron chi connectivity index (χ3n) is 3.36. The van der Waals surface area contributed by atoms with E-state index in [2.05, 4.69) is 25.6 Å². The minimum Gasteiger partial charge on any atom is -0.291 e. The summed E-state index contributed by atoms with van der Waals surface area (Å²) >= 11 is 12.6. The van der Waals surface area contributed by atoms with E-state index in [1.54, 1.807) is 17.7 Å². The molecule has 0 fully saturated rings. The topological polar surface area (TPSA) is 88.0 Å². The third kappa shape index (κ3) is 3.72. The van der Waals surface area contributed by atoms with Gasteiger partial charge in [-0.3, -0.25) is 9.78 Å². The summed E-state index contributed by atoms with van der Waals surface area (Å²) in [7, 11) is 0. The number of aromatic nitrogens is 4. The van der Waals surface area contributed by atoms with Crippen molar-refractivity contribution in [1.82, 2.24) is 19.7 Å². The van der Waals surface area contributed by atoms with E-state index in [1.807, 2.05) is 25.1 Å². The Morgan fingerprint density at radius 3 is 2.76 bits per heavy atom. The van der Waals surface area contributed by atoms with Gasteiger partial charge in [-0.2, -0.15) is 10.2 Å². The van der Waals surface area contributed by atoms with Gasteiger partial charge in [0.25, 0.3) is 5.56 Å². The first-order valence-electron chi connectivity index (χ1n) is 7.33. The Morgan fingerprint density at radius 2 is 2.04 bits per heavy atom. The van der Waals surface area contributed by atoms with Crippen molar-refractivity contribution in [3.05, 3.63) is 67.8 Å². The van der Waals surface area contributed by atoms with Crippen LogP contribution in [0.2, 0.25) is 10.2 Å². The molecule has 3 rings (SSSR count). The summed E-state index contributed by atoms with van der Waals surface area (Å²) in [6.45, 7) is 3.53. The monoisotopic (exact) mass is 376 g/mol. The van der Waals surface area contributed by atoms with Crippen LogP contribution in [-0.2, 0) is 0 Å². The van der Waals surface area contributed by atoms with Gasteiger partial charge < -0.3 is 0 Å². The molecule has 128 valence electrons. The number of nitrogens with zero attached hydrogens (tertiary/aromatic N) is 4. The van der Waals surface area contributed by atoms with E-state index in [0.717, 1.165) is 0 Å². The molecule has 9 heteroatoms. The molecule has 1 aromatic carbocycles. The van der Waals surface area contributed by atoms with Crippen LogP contribution in [0.25, 0.3) is 5.69 Å². The Balaban J connectivity index is 1.88. The molecule has 0 bridgehead atoms. The summed E-state index contributed by atoms with van der Waals surface area (Å²) in [4.78, 5) is 18.1. The van der Waals surface area contributed by atoms with Gasteiger partial charge in [0.1, 0.15) is 5.15 Å². The zero-order chi connectivity index (χ0) is 18.0. The summed E-state index contributed by atoms with van der Waals surface area (Å²) in [6, 6.07) is 8.66. The summed E-state index contributed by atoms with van der Waals surface area (Å²) in [6.07, 6.45) is 1.51. The van der Waals surface area contributed by atoms with Gasteiger partial charge in [-0.25, -0.2) is 15.1 Å². The van der Waals surface area contributed by atoms with Gasteiger partial charge in [-0.15, -0.1) is 0 Å². The number of hydrazone groups is 1. The molecule has 3 aromatic rings. The van der Waals surface area contributed by atoms with Crippen molar-refractivity contribution in [2.75, 3.05) is 5.43 Å². The summed E-state index contributed by atoms with van der Waals surface area (Å²) < 4.78 is 1.55. The SMILES string of the molecule is Cc1cc(=O)[nH]c(N/N=C/c2c(C)nn(-c3ccccc3Cl)c2Cl)n1. The number of rotatable bonds is 4. The third-order valence-corrected chi connectivity index (χ3v) is 4.05. The van der Waals surface area contributed by atoms with Crippen molar-refractivity contribution in [3.8, 4) is 5.69 Å². The van der Waals surface area contributed by atoms with E-state index in [1.165, 1.54) is 12.3 Å². The first-order chi connectivity index (χ1) is 12.0. The number of aromatic amines is 1. The number of aryl methyl sites for hydroxylation is 2. The molecule has 0 aliphatic carbocycles. The smallest absolute Gasteiger partial charge is 0.252 e. The summed E-state index contributed by atoms with van der Waals surface area (Å²) in [5, 5.41) is 9.38. The highest BCUT2D eigenvalue weighted by Gasteiger charge is 2.14. The number of para-hydroxylation sites is 1. The number of nitrogens with one attached hydrogen (secondary N) is 2. The average molecular weight is 377 g/mol. The zero-order valence-corrected chi connectivity index (χ0v) is 14.9. The Bertz CT molecular complexity index is 1010. The van der Waals surface area contributed by atoms with Crippen molar-refractivity contribution < 1.29 is 0 Å². The van der Waals surface area contributed by atoms with Gasteiger partial charge in [-0.1, -0.05) is 35.3 Å². The highest BCUT2D eigenvalue weighted by molar-refractivity contribution is 6.34. The molecule has 0 radical (unpaired) electrons. The van der Waals surface area contributed by atoms with Crippen LogP contribution in [-0.4, -0.2) is 26.0 Å². The van der Waals surface area contributed by atoms with Crippen LogP contribution in [0.1, 0.15) is 17.0 Å². The molecule has 0 saturated heterocycles. The van der Waals surface area contributed by atoms with E-state index in [9.17, 15) is 4.79 Å². The molecular weight excluding hydrogens is 363 g/mol. The standard InChI is InChI=1S/C16H14Cl2N6O/c1-9-7-14(25)21-16(20-9)22-19-8-11-10(2)23-24(15(11)18)13-6-4-3-5-12(13)17/h3-8H,1-2H3,(H2,20,21,22,25)/b19-8+. The summed E-state index contributed by atoms with van der Waals surface area (Å²) in [5.74, 6) is 0.244. The Labute approximate surface area is 153 Å². The Morgan fingerprint density at radius 1 is 1.28 bits per heavy atom. The minimum absolute atomic E-state index is 0.244. The lowest BCUT2D eigenvalue weighted by Crippen LogP contribution is -2.10. The molecule has 2 N–H and O–H groups in total. The number of H-pyrrole nitrogens is 1. The fraction of sp³-hybridized carbons (Fsp3) is 0.125. The average Bonchev–Trinajstić information content (AvgIpc) is 2.82. The van der Waals surface area contributed by atoms with Crippen molar-refractivity contribution in [3.63, 3.8) is 0 Å². The molecule has 0 amide bonds. The van der Waals surface area contributed by atoms with E-state index < -0.39 is 0 Å². The van der Waals surface area contributed by atoms with Crippen LogP contribution < -0.4 is 11.0 Å². The second-order valence-electron chi connectivity index (χ2n) is 5.26. The fourth-order valence-electron chi connectivity index (χ4n) is 2.23. The van der Waals surface area contributed by atoms with Crippen LogP contribution in [0.4, 0.5) is 5.95 Å². The maximum Gasteiger partial charge on any atom is 0.252 e. The lowest BCUT2D eigenvalue weighted by molar-refractivity contribution is 0.863. The number of anilines is 1. The zero-order valence-electron chi connectivity index (χ0n) is 13.4. The number of hydrogen-bond acceptors (Lipinski definition) is 5. The van der Waals surface area contributed by atoms with Crippen LogP contribution in [0, 0.1) is 13.8 Å². The molecule has 25 heavy (non-hydrogen) atoms. The molecule has 0 spiro atoms. The number of benzene rings is 1. The van der Waals surface area contributed by atoms with Crippen molar-refractivity contribution >= 4 is 35.4 Å². The van der Waals surface area contributed by atoms with Gasteiger partial charge in [0.2, 0.25) is 5.95 Å². The number of halogens is 2. The molecular formula is C16H14Cl2N6O. The lowest BCUT2D eigenvalue weighted by atomic mass is 10.3. The molecule has 0 aliphatic heterocycles. The number of hydrogen-bond donors (Lipinski definition) is 2. The van der Waals surface area contributed by atoms with E-state index in [4.69, 9.17) is 23.2 Å². The van der Waals surface area contributed by atoms with Gasteiger partial charge in [0.05, 0.1) is 28.2 Å². The fourth-order valence-corrected chi connectivity index (χ4v) is 2.76. The maximum absolute atomic E-state index is 11.4.